The van der Waals surface area contributed by atoms with Crippen molar-refractivity contribution in [3.05, 3.63) is 35.8 Å². The third-order valence-electron chi connectivity index (χ3n) is 3.16. The van der Waals surface area contributed by atoms with Crippen LogP contribution in [0.2, 0.25) is 0 Å². The minimum Gasteiger partial charge on any atom is -0.360 e. The smallest absolute Gasteiger partial charge is 0.292 e. The number of hydrogen-bond donors (Lipinski definition) is 2. The minimum atomic E-state index is -0.668. The topological polar surface area (TPSA) is 65.2 Å². The number of benzene rings is 1. The zero-order chi connectivity index (χ0) is 15.4. The highest BCUT2D eigenvalue weighted by molar-refractivity contribution is 6.44. The van der Waals surface area contributed by atoms with Crippen molar-refractivity contribution in [3.8, 4) is 0 Å². The van der Waals surface area contributed by atoms with E-state index in [-0.39, 0.29) is 5.56 Å². The van der Waals surface area contributed by atoms with Gasteiger partial charge in [-0.15, -0.1) is 0 Å². The number of ketones is 1. The maximum absolute atomic E-state index is 13.3. The van der Waals surface area contributed by atoms with E-state index in [2.05, 4.69) is 10.3 Å². The molecule has 2 aromatic rings. The van der Waals surface area contributed by atoms with Gasteiger partial charge in [0.2, 0.25) is 0 Å². The molecule has 0 spiro atoms. The van der Waals surface area contributed by atoms with Crippen LogP contribution in [0.5, 0.6) is 0 Å². The van der Waals surface area contributed by atoms with Crippen molar-refractivity contribution in [2.75, 3.05) is 27.2 Å². The van der Waals surface area contributed by atoms with Gasteiger partial charge in [0, 0.05) is 23.6 Å². The molecule has 2 rings (SSSR count). The van der Waals surface area contributed by atoms with Crippen molar-refractivity contribution in [3.63, 3.8) is 0 Å². The van der Waals surface area contributed by atoms with Crippen LogP contribution < -0.4 is 5.32 Å². The molecule has 21 heavy (non-hydrogen) atoms. The van der Waals surface area contributed by atoms with E-state index in [0.717, 1.165) is 13.0 Å². The largest absolute Gasteiger partial charge is 0.360 e. The zero-order valence-corrected chi connectivity index (χ0v) is 12.1. The Balaban J connectivity index is 2.04. The molecule has 5 nitrogen and oxygen atoms in total. The number of aromatic amines is 1. The van der Waals surface area contributed by atoms with Gasteiger partial charge in [0.15, 0.2) is 0 Å². The van der Waals surface area contributed by atoms with Gasteiger partial charge in [-0.1, -0.05) is 0 Å². The number of rotatable bonds is 6. The maximum Gasteiger partial charge on any atom is 0.292 e. The van der Waals surface area contributed by atoms with Gasteiger partial charge in [0.05, 0.1) is 5.56 Å². The molecule has 1 aromatic heterocycles. The number of Topliss-reactive ketones (excluding diaryl/α,β-unsaturated/α-hetero) is 1. The van der Waals surface area contributed by atoms with Crippen LogP contribution in [0.1, 0.15) is 16.8 Å². The molecule has 2 N–H and O–H groups in total. The number of fused-ring (bicyclic) bond motifs is 1. The number of hydrogen-bond acceptors (Lipinski definition) is 3. The van der Waals surface area contributed by atoms with Gasteiger partial charge in [-0.05, 0) is 45.3 Å². The molecule has 112 valence electrons. The van der Waals surface area contributed by atoms with Gasteiger partial charge < -0.3 is 15.2 Å². The predicted molar refractivity (Wildman–Crippen MR) is 78.8 cm³/mol. The van der Waals surface area contributed by atoms with Crippen LogP contribution in [-0.2, 0) is 4.79 Å². The number of nitrogens with one attached hydrogen (secondary N) is 2. The minimum absolute atomic E-state index is 0.189. The Morgan fingerprint density at radius 3 is 2.81 bits per heavy atom. The first-order chi connectivity index (χ1) is 9.99. The Bertz CT molecular complexity index is 664. The molecule has 0 fully saturated rings. The number of aromatic nitrogens is 1. The van der Waals surface area contributed by atoms with Crippen LogP contribution in [-0.4, -0.2) is 48.8 Å². The van der Waals surface area contributed by atoms with Crippen LogP contribution in [0.4, 0.5) is 4.39 Å². The van der Waals surface area contributed by atoms with Crippen molar-refractivity contribution in [1.82, 2.24) is 15.2 Å². The van der Waals surface area contributed by atoms with Crippen molar-refractivity contribution in [2.24, 2.45) is 0 Å². The van der Waals surface area contributed by atoms with Crippen molar-refractivity contribution >= 4 is 22.6 Å². The van der Waals surface area contributed by atoms with Gasteiger partial charge in [0.1, 0.15) is 5.82 Å². The van der Waals surface area contributed by atoms with Gasteiger partial charge in [-0.2, -0.15) is 0 Å². The summed E-state index contributed by atoms with van der Waals surface area (Å²) in [5.74, 6) is -1.77. The summed E-state index contributed by atoms with van der Waals surface area (Å²) in [4.78, 5) is 28.8. The number of H-pyrrole nitrogens is 1. The molecular weight excluding hydrogens is 273 g/mol. The monoisotopic (exact) mass is 291 g/mol. The fourth-order valence-electron chi connectivity index (χ4n) is 2.08. The van der Waals surface area contributed by atoms with Crippen LogP contribution in [0.25, 0.3) is 10.9 Å². The Morgan fingerprint density at radius 2 is 2.10 bits per heavy atom. The Morgan fingerprint density at radius 1 is 1.33 bits per heavy atom. The summed E-state index contributed by atoms with van der Waals surface area (Å²) in [6, 6.07) is 4.09. The predicted octanol–water partition coefficient (Wildman–Crippen LogP) is 1.56. The summed E-state index contributed by atoms with van der Waals surface area (Å²) in [6.07, 6.45) is 2.19. The van der Waals surface area contributed by atoms with E-state index in [9.17, 15) is 14.0 Å². The Kier molecular flexibility index (Phi) is 4.70. The third-order valence-corrected chi connectivity index (χ3v) is 3.16. The van der Waals surface area contributed by atoms with Gasteiger partial charge >= 0.3 is 0 Å². The second kappa shape index (κ2) is 6.49. The third kappa shape index (κ3) is 3.66. The van der Waals surface area contributed by atoms with Crippen molar-refractivity contribution in [2.45, 2.75) is 6.42 Å². The van der Waals surface area contributed by atoms with Crippen LogP contribution >= 0.6 is 0 Å². The molecule has 6 heteroatoms. The first kappa shape index (κ1) is 15.2. The summed E-state index contributed by atoms with van der Waals surface area (Å²) in [7, 11) is 3.88. The number of nitrogens with zero attached hydrogens (tertiary/aromatic N) is 1. The molecule has 0 bridgehead atoms. The summed E-state index contributed by atoms with van der Waals surface area (Å²) < 4.78 is 13.3. The molecule has 0 saturated heterocycles. The molecule has 1 aromatic carbocycles. The lowest BCUT2D eigenvalue weighted by Crippen LogP contribution is -2.33. The fourth-order valence-corrected chi connectivity index (χ4v) is 2.08. The molecule has 0 radical (unpaired) electrons. The van der Waals surface area contributed by atoms with E-state index in [1.165, 1.54) is 24.4 Å². The summed E-state index contributed by atoms with van der Waals surface area (Å²) in [5.41, 5.74) is 0.815. The lowest BCUT2D eigenvalue weighted by Gasteiger charge is -2.09. The zero-order valence-electron chi connectivity index (χ0n) is 12.1. The molecule has 1 amide bonds. The quantitative estimate of drug-likeness (QED) is 0.482. The van der Waals surface area contributed by atoms with Crippen LogP contribution in [0, 0.1) is 5.82 Å². The standard InChI is InChI=1S/C15H18FN3O2/c1-19(2)7-3-6-17-15(21)14(20)12-9-18-13-5-4-10(16)8-11(12)13/h4-5,8-9,18H,3,6-7H2,1-2H3,(H,17,21). The van der Waals surface area contributed by atoms with E-state index in [0.29, 0.717) is 17.4 Å². The maximum atomic E-state index is 13.3. The van der Waals surface area contributed by atoms with Crippen LogP contribution in [0.3, 0.4) is 0 Å². The average molecular weight is 291 g/mol. The second-order valence-corrected chi connectivity index (χ2v) is 5.13. The summed E-state index contributed by atoms with van der Waals surface area (Å²) in [5, 5.41) is 3.00. The fraction of sp³-hybridized carbons (Fsp3) is 0.333. The van der Waals surface area contributed by atoms with Gasteiger partial charge in [0.25, 0.3) is 11.7 Å². The highest BCUT2D eigenvalue weighted by Crippen LogP contribution is 2.19. The molecule has 0 atom stereocenters. The molecule has 0 aliphatic rings. The SMILES string of the molecule is CN(C)CCCNC(=O)C(=O)c1c[nH]c2ccc(F)cc12. The molecular formula is C15H18FN3O2. The summed E-state index contributed by atoms with van der Waals surface area (Å²) >= 11 is 0. The number of amides is 1. The van der Waals surface area contributed by atoms with Gasteiger partial charge in [-0.25, -0.2) is 4.39 Å². The highest BCUT2D eigenvalue weighted by atomic mass is 19.1. The molecule has 0 saturated carbocycles. The average Bonchev–Trinajstić information content (AvgIpc) is 2.85. The van der Waals surface area contributed by atoms with E-state index in [1.807, 2.05) is 19.0 Å². The lowest BCUT2D eigenvalue weighted by molar-refractivity contribution is -0.117. The Labute approximate surface area is 122 Å². The molecule has 0 aliphatic carbocycles. The number of carbonyl (C=O) groups is 2. The van der Waals surface area contributed by atoms with Crippen LogP contribution in [0.15, 0.2) is 24.4 Å². The van der Waals surface area contributed by atoms with Gasteiger partial charge in [-0.3, -0.25) is 9.59 Å². The lowest BCUT2D eigenvalue weighted by atomic mass is 10.1. The van der Waals surface area contributed by atoms with E-state index < -0.39 is 17.5 Å². The van der Waals surface area contributed by atoms with E-state index in [4.69, 9.17) is 0 Å². The molecule has 1 heterocycles. The Hall–Kier alpha value is -2.21. The number of halogens is 1. The van der Waals surface area contributed by atoms with Crippen molar-refractivity contribution < 1.29 is 14.0 Å². The van der Waals surface area contributed by atoms with E-state index >= 15 is 0 Å². The summed E-state index contributed by atoms with van der Waals surface area (Å²) in [6.45, 7) is 1.26. The normalized spacial score (nSPS) is 11.0. The first-order valence-corrected chi connectivity index (χ1v) is 6.73. The van der Waals surface area contributed by atoms with E-state index in [1.54, 1.807) is 0 Å². The number of carbonyl (C=O) groups excluding carboxylic acids is 2. The second-order valence-electron chi connectivity index (χ2n) is 5.13. The first-order valence-electron chi connectivity index (χ1n) is 6.73. The molecule has 0 unspecified atom stereocenters. The highest BCUT2D eigenvalue weighted by Gasteiger charge is 2.19. The molecule has 0 aliphatic heterocycles. The van der Waals surface area contributed by atoms with Crippen molar-refractivity contribution in [1.29, 1.82) is 0 Å².